The van der Waals surface area contributed by atoms with Crippen molar-refractivity contribution >= 4 is 0 Å². The molecule has 0 spiro atoms. The van der Waals surface area contributed by atoms with Crippen LogP contribution in [0.3, 0.4) is 0 Å². The molecule has 1 heterocycles. The predicted octanol–water partition coefficient (Wildman–Crippen LogP) is 4.64. The van der Waals surface area contributed by atoms with Gasteiger partial charge in [0.25, 0.3) is 0 Å². The zero-order valence-electron chi connectivity index (χ0n) is 20.1. The van der Waals surface area contributed by atoms with Gasteiger partial charge in [-0.1, -0.05) is 19.9 Å². The van der Waals surface area contributed by atoms with E-state index in [1.54, 1.807) is 25.0 Å². The summed E-state index contributed by atoms with van der Waals surface area (Å²) in [4.78, 5) is 0. The molecule has 0 atom stereocenters. The number of aromatic hydroxyl groups is 2. The molecule has 0 saturated heterocycles. The van der Waals surface area contributed by atoms with E-state index in [4.69, 9.17) is 14.2 Å². The normalized spacial score (nSPS) is 11.0. The lowest BCUT2D eigenvalue weighted by Crippen LogP contribution is -2.11. The topological polar surface area (TPSA) is 112 Å². The van der Waals surface area contributed by atoms with Gasteiger partial charge in [0.05, 0.1) is 26.3 Å². The molecule has 9 heteroatoms. The highest BCUT2D eigenvalue weighted by atomic mass is 16.5. The van der Waals surface area contributed by atoms with Crippen LogP contribution < -0.4 is 14.2 Å². The third-order valence-corrected chi connectivity index (χ3v) is 5.70. The highest BCUT2D eigenvalue weighted by molar-refractivity contribution is 5.82. The summed E-state index contributed by atoms with van der Waals surface area (Å²) < 4.78 is 18.0. The largest absolute Gasteiger partial charge is 0.507 e. The number of hydrogen-bond acceptors (Lipinski definition) is 8. The van der Waals surface area contributed by atoms with Crippen molar-refractivity contribution < 1.29 is 24.4 Å². The Labute approximate surface area is 203 Å². The van der Waals surface area contributed by atoms with Crippen molar-refractivity contribution in [2.24, 2.45) is 0 Å². The van der Waals surface area contributed by atoms with Gasteiger partial charge in [-0.3, -0.25) is 0 Å². The predicted molar refractivity (Wildman–Crippen MR) is 131 cm³/mol. The van der Waals surface area contributed by atoms with E-state index in [1.807, 2.05) is 42.5 Å². The van der Waals surface area contributed by atoms with Crippen LogP contribution in [0, 0.1) is 0 Å². The molecule has 0 radical (unpaired) electrons. The molecular formula is C26H28N4O5. The van der Waals surface area contributed by atoms with E-state index >= 15 is 0 Å². The zero-order chi connectivity index (χ0) is 24.9. The number of phenolic OH excluding ortho intramolecular Hbond substituents is 2. The summed E-state index contributed by atoms with van der Waals surface area (Å²) in [6.07, 6.45) is 0. The van der Waals surface area contributed by atoms with E-state index in [-0.39, 0.29) is 17.4 Å². The number of aromatic nitrogens is 4. The third-order valence-electron chi connectivity index (χ3n) is 5.70. The number of ether oxygens (including phenoxy) is 3. The monoisotopic (exact) mass is 476 g/mol. The fourth-order valence-corrected chi connectivity index (χ4v) is 3.74. The van der Waals surface area contributed by atoms with Crippen molar-refractivity contribution in [2.45, 2.75) is 26.3 Å². The first kappa shape index (κ1) is 23.9. The Balaban J connectivity index is 1.63. The van der Waals surface area contributed by atoms with Gasteiger partial charge in [0.15, 0.2) is 5.82 Å². The van der Waals surface area contributed by atoms with Gasteiger partial charge in [-0.25, -0.2) is 4.68 Å². The molecule has 4 rings (SSSR count). The first-order valence-electron chi connectivity index (χ1n) is 11.2. The Hall–Kier alpha value is -4.27. The molecule has 0 amide bonds. The first-order valence-corrected chi connectivity index (χ1v) is 11.2. The van der Waals surface area contributed by atoms with Crippen LogP contribution in [-0.2, 0) is 6.54 Å². The maximum Gasteiger partial charge on any atom is 0.185 e. The standard InChI is InChI=1S/C26H28N4O5/c1-16(2)17-5-10-25(34-4)21(13-17)20-14-22(24(32)15-23(20)31)26-27-28-29-30(26)11-12-35-19-8-6-18(33-3)7-9-19/h5-10,13-16,31-32H,11-12H2,1-4H3. The van der Waals surface area contributed by atoms with E-state index in [2.05, 4.69) is 29.4 Å². The molecule has 0 bridgehead atoms. The van der Waals surface area contributed by atoms with Gasteiger partial charge in [-0.15, -0.1) is 5.10 Å². The van der Waals surface area contributed by atoms with Crippen molar-refractivity contribution in [2.75, 3.05) is 20.8 Å². The van der Waals surface area contributed by atoms with Crippen molar-refractivity contribution in [3.8, 4) is 51.3 Å². The second kappa shape index (κ2) is 10.3. The van der Waals surface area contributed by atoms with E-state index in [1.165, 1.54) is 6.07 Å². The Bertz CT molecular complexity index is 1300. The van der Waals surface area contributed by atoms with Crippen LogP contribution in [-0.4, -0.2) is 51.2 Å². The Morgan fingerprint density at radius 3 is 2.23 bits per heavy atom. The zero-order valence-corrected chi connectivity index (χ0v) is 20.1. The number of benzene rings is 3. The quantitative estimate of drug-likeness (QED) is 0.359. The van der Waals surface area contributed by atoms with E-state index < -0.39 is 0 Å². The van der Waals surface area contributed by atoms with Gasteiger partial charge < -0.3 is 24.4 Å². The van der Waals surface area contributed by atoms with E-state index in [0.29, 0.717) is 47.2 Å². The van der Waals surface area contributed by atoms with Gasteiger partial charge >= 0.3 is 0 Å². The van der Waals surface area contributed by atoms with Crippen LogP contribution in [0.5, 0.6) is 28.7 Å². The van der Waals surface area contributed by atoms with E-state index in [9.17, 15) is 10.2 Å². The molecule has 4 aromatic rings. The maximum atomic E-state index is 10.7. The molecular weight excluding hydrogens is 448 g/mol. The van der Waals surface area contributed by atoms with Gasteiger partial charge in [-0.2, -0.15) is 0 Å². The Morgan fingerprint density at radius 1 is 0.829 bits per heavy atom. The maximum absolute atomic E-state index is 10.7. The van der Waals surface area contributed by atoms with Crippen LogP contribution >= 0.6 is 0 Å². The number of methoxy groups -OCH3 is 2. The molecule has 2 N–H and O–H groups in total. The summed E-state index contributed by atoms with van der Waals surface area (Å²) in [5.41, 5.74) is 2.68. The summed E-state index contributed by atoms with van der Waals surface area (Å²) in [6, 6.07) is 16.1. The van der Waals surface area contributed by atoms with Gasteiger partial charge in [-0.05, 0) is 64.4 Å². The van der Waals surface area contributed by atoms with Gasteiger partial charge in [0.2, 0.25) is 0 Å². The minimum absolute atomic E-state index is 0.0766. The van der Waals surface area contributed by atoms with Gasteiger partial charge in [0.1, 0.15) is 35.4 Å². The molecule has 0 unspecified atom stereocenters. The number of nitrogens with zero attached hydrogens (tertiary/aromatic N) is 4. The van der Waals surface area contributed by atoms with Gasteiger partial charge in [0, 0.05) is 17.2 Å². The average molecular weight is 477 g/mol. The number of hydrogen-bond donors (Lipinski definition) is 2. The fraction of sp³-hybridized carbons (Fsp3) is 0.269. The van der Waals surface area contributed by atoms with Crippen molar-refractivity contribution in [1.82, 2.24) is 20.2 Å². The van der Waals surface area contributed by atoms with Crippen molar-refractivity contribution in [3.05, 3.63) is 60.2 Å². The van der Waals surface area contributed by atoms with E-state index in [0.717, 1.165) is 11.3 Å². The molecule has 0 fully saturated rings. The second-order valence-electron chi connectivity index (χ2n) is 8.25. The average Bonchev–Trinajstić information content (AvgIpc) is 3.32. The summed E-state index contributed by atoms with van der Waals surface area (Å²) in [7, 11) is 3.19. The minimum atomic E-state index is -0.141. The molecule has 0 saturated carbocycles. The Morgan fingerprint density at radius 2 is 1.54 bits per heavy atom. The SMILES string of the molecule is COc1ccc(OCCn2nnnc2-c2cc(-c3cc(C(C)C)ccc3OC)c(O)cc2O)cc1. The number of phenols is 2. The molecule has 0 aliphatic carbocycles. The van der Waals surface area contributed by atoms with Crippen LogP contribution in [0.25, 0.3) is 22.5 Å². The van der Waals surface area contributed by atoms with Crippen molar-refractivity contribution in [3.63, 3.8) is 0 Å². The molecule has 3 aromatic carbocycles. The summed E-state index contributed by atoms with van der Waals surface area (Å²) in [5, 5.41) is 33.3. The fourth-order valence-electron chi connectivity index (χ4n) is 3.74. The highest BCUT2D eigenvalue weighted by Gasteiger charge is 2.20. The first-order chi connectivity index (χ1) is 16.9. The van der Waals surface area contributed by atoms with Crippen LogP contribution in [0.4, 0.5) is 0 Å². The minimum Gasteiger partial charge on any atom is -0.507 e. The molecule has 1 aromatic heterocycles. The molecule has 35 heavy (non-hydrogen) atoms. The lowest BCUT2D eigenvalue weighted by atomic mass is 9.94. The summed E-state index contributed by atoms with van der Waals surface area (Å²) in [6.45, 7) is 4.84. The number of tetrazole rings is 1. The Kier molecular flexibility index (Phi) is 7.05. The molecule has 182 valence electrons. The van der Waals surface area contributed by atoms with Crippen molar-refractivity contribution in [1.29, 1.82) is 0 Å². The highest BCUT2D eigenvalue weighted by Crippen LogP contribution is 2.43. The summed E-state index contributed by atoms with van der Waals surface area (Å²) >= 11 is 0. The lowest BCUT2D eigenvalue weighted by molar-refractivity contribution is 0.290. The molecule has 0 aliphatic heterocycles. The summed E-state index contributed by atoms with van der Waals surface area (Å²) in [5.74, 6) is 2.46. The molecule has 0 aliphatic rings. The third kappa shape index (κ3) is 5.13. The number of rotatable bonds is 9. The van der Waals surface area contributed by atoms with Crippen LogP contribution in [0.1, 0.15) is 25.3 Å². The van der Waals surface area contributed by atoms with Crippen LogP contribution in [0.2, 0.25) is 0 Å². The lowest BCUT2D eigenvalue weighted by Gasteiger charge is -2.16. The smallest absolute Gasteiger partial charge is 0.185 e. The second-order valence-corrected chi connectivity index (χ2v) is 8.25. The molecule has 9 nitrogen and oxygen atoms in total. The van der Waals surface area contributed by atoms with Crippen LogP contribution in [0.15, 0.2) is 54.6 Å².